The van der Waals surface area contributed by atoms with Crippen LogP contribution in [-0.2, 0) is 4.79 Å². The summed E-state index contributed by atoms with van der Waals surface area (Å²) in [6.07, 6.45) is 0.486. The van der Waals surface area contributed by atoms with Gasteiger partial charge in [0.05, 0.1) is 17.1 Å². The average molecular weight is 381 g/mol. The minimum absolute atomic E-state index is 0.0706. The fourth-order valence-corrected chi connectivity index (χ4v) is 4.38. The SMILES string of the molecule is C[C@@H](c1ccccc1)n1c([C@H]2CC(=O)N(c3ccccc3)C2)nc2ccccc21. The highest BCUT2D eigenvalue weighted by molar-refractivity contribution is 5.96. The monoisotopic (exact) mass is 381 g/mol. The number of para-hydroxylation sites is 3. The highest BCUT2D eigenvalue weighted by atomic mass is 16.2. The molecule has 4 heteroatoms. The molecule has 4 aromatic rings. The van der Waals surface area contributed by atoms with Crippen LogP contribution in [0.3, 0.4) is 0 Å². The van der Waals surface area contributed by atoms with Crippen molar-refractivity contribution in [3.05, 3.63) is 96.3 Å². The maximum absolute atomic E-state index is 12.8. The van der Waals surface area contributed by atoms with Gasteiger partial charge in [-0.25, -0.2) is 4.98 Å². The van der Waals surface area contributed by atoms with Gasteiger partial charge in [0.1, 0.15) is 5.82 Å². The molecule has 0 saturated carbocycles. The molecule has 1 saturated heterocycles. The van der Waals surface area contributed by atoms with E-state index < -0.39 is 0 Å². The molecule has 0 aliphatic carbocycles. The van der Waals surface area contributed by atoms with E-state index in [4.69, 9.17) is 4.98 Å². The zero-order chi connectivity index (χ0) is 19.8. The van der Waals surface area contributed by atoms with Crippen molar-refractivity contribution < 1.29 is 4.79 Å². The second-order valence-corrected chi connectivity index (χ2v) is 7.66. The van der Waals surface area contributed by atoms with E-state index in [0.29, 0.717) is 13.0 Å². The summed E-state index contributed by atoms with van der Waals surface area (Å²) in [4.78, 5) is 19.7. The second kappa shape index (κ2) is 7.21. The predicted octanol–water partition coefficient (Wildman–Crippen LogP) is 5.17. The van der Waals surface area contributed by atoms with Crippen molar-refractivity contribution in [1.29, 1.82) is 0 Å². The number of carbonyl (C=O) groups excluding carboxylic acids is 1. The standard InChI is InChI=1S/C25H23N3O/c1-18(19-10-4-2-5-11-19)28-23-15-9-8-14-22(23)26-25(28)20-16-24(29)27(17-20)21-12-6-3-7-13-21/h2-15,18,20H,16-17H2,1H3/t18-,20-/m0/s1. The number of carbonyl (C=O) groups is 1. The Hall–Kier alpha value is -3.40. The van der Waals surface area contributed by atoms with E-state index in [1.165, 1.54) is 5.56 Å². The number of imidazole rings is 1. The first-order valence-electron chi connectivity index (χ1n) is 10.1. The highest BCUT2D eigenvalue weighted by Crippen LogP contribution is 2.35. The molecule has 3 aromatic carbocycles. The molecule has 1 amide bonds. The largest absolute Gasteiger partial charge is 0.320 e. The van der Waals surface area contributed by atoms with Crippen LogP contribution in [0.4, 0.5) is 5.69 Å². The summed E-state index contributed by atoms with van der Waals surface area (Å²) >= 11 is 0. The molecule has 1 fully saturated rings. The number of aromatic nitrogens is 2. The Labute approximate surface area is 170 Å². The number of anilines is 1. The van der Waals surface area contributed by atoms with Crippen molar-refractivity contribution in [2.24, 2.45) is 0 Å². The lowest BCUT2D eigenvalue weighted by atomic mass is 10.0. The third-order valence-electron chi connectivity index (χ3n) is 5.85. The maximum atomic E-state index is 12.8. The minimum atomic E-state index is 0.0706. The normalized spacial score (nSPS) is 17.8. The molecule has 1 aromatic heterocycles. The summed E-state index contributed by atoms with van der Waals surface area (Å²) in [5.74, 6) is 1.22. The van der Waals surface area contributed by atoms with Gasteiger partial charge in [0.15, 0.2) is 0 Å². The van der Waals surface area contributed by atoms with Crippen LogP contribution in [0, 0.1) is 0 Å². The average Bonchev–Trinajstić information content (AvgIpc) is 3.35. The number of hydrogen-bond acceptors (Lipinski definition) is 2. The van der Waals surface area contributed by atoms with Gasteiger partial charge in [0.25, 0.3) is 0 Å². The highest BCUT2D eigenvalue weighted by Gasteiger charge is 2.35. The Morgan fingerprint density at radius 2 is 1.55 bits per heavy atom. The Morgan fingerprint density at radius 1 is 0.897 bits per heavy atom. The Morgan fingerprint density at radius 3 is 2.31 bits per heavy atom. The van der Waals surface area contributed by atoms with Crippen molar-refractivity contribution >= 4 is 22.6 Å². The molecule has 1 aliphatic rings. The minimum Gasteiger partial charge on any atom is -0.320 e. The fraction of sp³-hybridized carbons (Fsp3) is 0.200. The third kappa shape index (κ3) is 3.11. The molecule has 0 bridgehead atoms. The summed E-state index contributed by atoms with van der Waals surface area (Å²) in [5, 5.41) is 0. The number of benzene rings is 3. The van der Waals surface area contributed by atoms with Gasteiger partial charge in [0, 0.05) is 24.6 Å². The summed E-state index contributed by atoms with van der Waals surface area (Å²) in [6.45, 7) is 2.87. The van der Waals surface area contributed by atoms with Crippen LogP contribution in [0.15, 0.2) is 84.9 Å². The number of fused-ring (bicyclic) bond motifs is 1. The van der Waals surface area contributed by atoms with Crippen molar-refractivity contribution in [3.63, 3.8) is 0 Å². The third-order valence-corrected chi connectivity index (χ3v) is 5.85. The number of rotatable bonds is 4. The van der Waals surface area contributed by atoms with Gasteiger partial charge in [-0.15, -0.1) is 0 Å². The van der Waals surface area contributed by atoms with E-state index in [0.717, 1.165) is 22.5 Å². The number of nitrogens with zero attached hydrogens (tertiary/aromatic N) is 3. The lowest BCUT2D eigenvalue weighted by Crippen LogP contribution is -2.24. The summed E-state index contributed by atoms with van der Waals surface area (Å²) in [7, 11) is 0. The predicted molar refractivity (Wildman–Crippen MR) is 116 cm³/mol. The van der Waals surface area contributed by atoms with Gasteiger partial charge in [-0.2, -0.15) is 0 Å². The molecule has 0 unspecified atom stereocenters. The van der Waals surface area contributed by atoms with E-state index in [1.54, 1.807) is 0 Å². The van der Waals surface area contributed by atoms with Crippen molar-refractivity contribution in [2.45, 2.75) is 25.3 Å². The molecule has 0 N–H and O–H groups in total. The van der Waals surface area contributed by atoms with Crippen LogP contribution in [-0.4, -0.2) is 22.0 Å². The molecule has 29 heavy (non-hydrogen) atoms. The molecule has 1 aliphatic heterocycles. The topological polar surface area (TPSA) is 38.1 Å². The molecule has 4 nitrogen and oxygen atoms in total. The number of amides is 1. The van der Waals surface area contributed by atoms with Crippen molar-refractivity contribution in [2.75, 3.05) is 11.4 Å². The van der Waals surface area contributed by atoms with Crippen LogP contribution in [0.5, 0.6) is 0 Å². The van der Waals surface area contributed by atoms with E-state index >= 15 is 0 Å². The van der Waals surface area contributed by atoms with Gasteiger partial charge >= 0.3 is 0 Å². The van der Waals surface area contributed by atoms with Gasteiger partial charge in [-0.3, -0.25) is 4.79 Å². The zero-order valence-electron chi connectivity index (χ0n) is 16.4. The van der Waals surface area contributed by atoms with Crippen LogP contribution in [0.2, 0.25) is 0 Å². The quantitative estimate of drug-likeness (QED) is 0.489. The first-order chi connectivity index (χ1) is 14.2. The Bertz CT molecular complexity index is 1150. The molecule has 144 valence electrons. The summed E-state index contributed by atoms with van der Waals surface area (Å²) in [6, 6.07) is 28.8. The van der Waals surface area contributed by atoms with Gasteiger partial charge in [0.2, 0.25) is 5.91 Å². The summed E-state index contributed by atoms with van der Waals surface area (Å²) in [5.41, 5.74) is 4.29. The van der Waals surface area contributed by atoms with Crippen LogP contribution in [0.25, 0.3) is 11.0 Å². The molecule has 2 atom stereocenters. The van der Waals surface area contributed by atoms with Crippen LogP contribution >= 0.6 is 0 Å². The first kappa shape index (κ1) is 17.7. The van der Waals surface area contributed by atoms with Crippen molar-refractivity contribution in [3.8, 4) is 0 Å². The van der Waals surface area contributed by atoms with E-state index in [-0.39, 0.29) is 17.9 Å². The first-order valence-corrected chi connectivity index (χ1v) is 10.1. The van der Waals surface area contributed by atoms with E-state index in [9.17, 15) is 4.79 Å². The Balaban J connectivity index is 1.58. The van der Waals surface area contributed by atoms with Crippen LogP contribution < -0.4 is 4.90 Å². The fourth-order valence-electron chi connectivity index (χ4n) is 4.38. The zero-order valence-corrected chi connectivity index (χ0v) is 16.4. The lowest BCUT2D eigenvalue weighted by Gasteiger charge is -2.21. The van der Waals surface area contributed by atoms with Crippen LogP contribution in [0.1, 0.15) is 36.7 Å². The second-order valence-electron chi connectivity index (χ2n) is 7.66. The summed E-state index contributed by atoms with van der Waals surface area (Å²) < 4.78 is 2.32. The van der Waals surface area contributed by atoms with Gasteiger partial charge in [-0.05, 0) is 36.8 Å². The molecule has 0 radical (unpaired) electrons. The van der Waals surface area contributed by atoms with E-state index in [1.807, 2.05) is 47.4 Å². The Kier molecular flexibility index (Phi) is 4.39. The van der Waals surface area contributed by atoms with Gasteiger partial charge < -0.3 is 9.47 Å². The van der Waals surface area contributed by atoms with Gasteiger partial charge in [-0.1, -0.05) is 60.7 Å². The molecule has 2 heterocycles. The molecular weight excluding hydrogens is 358 g/mol. The van der Waals surface area contributed by atoms with Crippen molar-refractivity contribution in [1.82, 2.24) is 9.55 Å². The molecular formula is C25H23N3O. The smallest absolute Gasteiger partial charge is 0.227 e. The van der Waals surface area contributed by atoms with E-state index in [2.05, 4.69) is 54.0 Å². The maximum Gasteiger partial charge on any atom is 0.227 e. The number of hydrogen-bond donors (Lipinski definition) is 0. The lowest BCUT2D eigenvalue weighted by molar-refractivity contribution is -0.117. The molecule has 0 spiro atoms. The molecule has 5 rings (SSSR count).